The molecule has 0 saturated carbocycles. The number of rotatable bonds is 5. The zero-order valence-corrected chi connectivity index (χ0v) is 9.03. The van der Waals surface area contributed by atoms with Crippen LogP contribution in [0.15, 0.2) is 5.38 Å². The minimum Gasteiger partial charge on any atom is -0.359 e. The van der Waals surface area contributed by atoms with E-state index in [1.807, 2.05) is 6.92 Å². The lowest BCUT2D eigenvalue weighted by Crippen LogP contribution is -2.16. The number of aryl methyl sites for hydroxylation is 1. The molecule has 13 heavy (non-hydrogen) atoms. The van der Waals surface area contributed by atoms with Gasteiger partial charge in [0.1, 0.15) is 0 Å². The van der Waals surface area contributed by atoms with E-state index in [-0.39, 0.29) is 0 Å². The van der Waals surface area contributed by atoms with Gasteiger partial charge in [-0.15, -0.1) is 11.3 Å². The molecule has 1 aromatic heterocycles. The van der Waals surface area contributed by atoms with Crippen LogP contribution >= 0.6 is 11.3 Å². The maximum atomic E-state index is 5.43. The SMILES string of the molecule is Cc1csc(NC(C)CCCN)n1. The second-order valence-corrected chi connectivity index (χ2v) is 4.13. The van der Waals surface area contributed by atoms with E-state index >= 15 is 0 Å². The molecule has 0 spiro atoms. The molecule has 1 heterocycles. The van der Waals surface area contributed by atoms with E-state index in [4.69, 9.17) is 5.73 Å². The standard InChI is InChI=1S/C9H17N3S/c1-7(4-3-5-10)11-9-12-8(2)6-13-9/h6-7H,3-5,10H2,1-2H3,(H,11,12). The zero-order valence-electron chi connectivity index (χ0n) is 8.21. The van der Waals surface area contributed by atoms with Crippen LogP contribution in [0, 0.1) is 6.92 Å². The van der Waals surface area contributed by atoms with Crippen LogP contribution in [0.25, 0.3) is 0 Å². The van der Waals surface area contributed by atoms with E-state index in [1.54, 1.807) is 11.3 Å². The lowest BCUT2D eigenvalue weighted by atomic mass is 10.2. The topological polar surface area (TPSA) is 50.9 Å². The van der Waals surface area contributed by atoms with Crippen LogP contribution in [0.5, 0.6) is 0 Å². The summed E-state index contributed by atoms with van der Waals surface area (Å²) < 4.78 is 0. The van der Waals surface area contributed by atoms with E-state index < -0.39 is 0 Å². The predicted molar refractivity (Wildman–Crippen MR) is 58.2 cm³/mol. The molecule has 4 heteroatoms. The molecule has 3 N–H and O–H groups in total. The Bertz CT molecular complexity index is 247. The molecular formula is C9H17N3S. The largest absolute Gasteiger partial charge is 0.359 e. The smallest absolute Gasteiger partial charge is 0.183 e. The second-order valence-electron chi connectivity index (χ2n) is 3.27. The van der Waals surface area contributed by atoms with Crippen LogP contribution in [0.4, 0.5) is 5.13 Å². The van der Waals surface area contributed by atoms with E-state index in [0.29, 0.717) is 6.04 Å². The number of nitrogens with one attached hydrogen (secondary N) is 1. The van der Waals surface area contributed by atoms with Crippen molar-refractivity contribution in [3.05, 3.63) is 11.1 Å². The Morgan fingerprint density at radius 3 is 3.00 bits per heavy atom. The van der Waals surface area contributed by atoms with Gasteiger partial charge >= 0.3 is 0 Å². The van der Waals surface area contributed by atoms with Crippen LogP contribution in [-0.4, -0.2) is 17.6 Å². The zero-order chi connectivity index (χ0) is 9.68. The molecule has 0 radical (unpaired) electrons. The van der Waals surface area contributed by atoms with Crippen molar-refractivity contribution in [2.45, 2.75) is 32.7 Å². The van der Waals surface area contributed by atoms with Crippen LogP contribution in [0.2, 0.25) is 0 Å². The Morgan fingerprint density at radius 1 is 1.69 bits per heavy atom. The maximum Gasteiger partial charge on any atom is 0.183 e. The number of thiazole rings is 1. The fourth-order valence-corrected chi connectivity index (χ4v) is 1.93. The summed E-state index contributed by atoms with van der Waals surface area (Å²) in [4.78, 5) is 4.33. The Labute approximate surface area is 83.4 Å². The van der Waals surface area contributed by atoms with Gasteiger partial charge in [-0.05, 0) is 33.2 Å². The highest BCUT2D eigenvalue weighted by molar-refractivity contribution is 7.13. The number of nitrogens with zero attached hydrogens (tertiary/aromatic N) is 1. The summed E-state index contributed by atoms with van der Waals surface area (Å²) in [5.74, 6) is 0. The average Bonchev–Trinajstić information content (AvgIpc) is 2.48. The quantitative estimate of drug-likeness (QED) is 0.762. The van der Waals surface area contributed by atoms with Crippen molar-refractivity contribution in [3.8, 4) is 0 Å². The van der Waals surface area contributed by atoms with Crippen molar-refractivity contribution in [2.75, 3.05) is 11.9 Å². The van der Waals surface area contributed by atoms with Gasteiger partial charge in [0.05, 0.1) is 5.69 Å². The molecule has 1 aromatic rings. The van der Waals surface area contributed by atoms with Crippen molar-refractivity contribution < 1.29 is 0 Å². The monoisotopic (exact) mass is 199 g/mol. The molecule has 3 nitrogen and oxygen atoms in total. The van der Waals surface area contributed by atoms with Crippen molar-refractivity contribution in [1.29, 1.82) is 0 Å². The fourth-order valence-electron chi connectivity index (χ4n) is 1.13. The Morgan fingerprint density at radius 2 is 2.46 bits per heavy atom. The summed E-state index contributed by atoms with van der Waals surface area (Å²) in [7, 11) is 0. The van der Waals surface area contributed by atoms with Gasteiger partial charge in [-0.3, -0.25) is 0 Å². The van der Waals surface area contributed by atoms with Crippen molar-refractivity contribution in [2.24, 2.45) is 5.73 Å². The van der Waals surface area contributed by atoms with Crippen LogP contribution in [0.1, 0.15) is 25.5 Å². The highest BCUT2D eigenvalue weighted by Gasteiger charge is 2.03. The van der Waals surface area contributed by atoms with Crippen molar-refractivity contribution in [1.82, 2.24) is 4.98 Å². The van der Waals surface area contributed by atoms with Gasteiger partial charge in [0.15, 0.2) is 5.13 Å². The Kier molecular flexibility index (Phi) is 4.18. The Balaban J connectivity index is 2.31. The molecule has 0 aliphatic rings. The molecular weight excluding hydrogens is 182 g/mol. The summed E-state index contributed by atoms with van der Waals surface area (Å²) in [6.07, 6.45) is 2.17. The summed E-state index contributed by atoms with van der Waals surface area (Å²) in [6.45, 7) is 4.93. The van der Waals surface area contributed by atoms with Crippen molar-refractivity contribution in [3.63, 3.8) is 0 Å². The lowest BCUT2D eigenvalue weighted by molar-refractivity contribution is 0.662. The molecule has 0 aromatic carbocycles. The van der Waals surface area contributed by atoms with E-state index in [2.05, 4.69) is 22.6 Å². The summed E-state index contributed by atoms with van der Waals surface area (Å²) in [5, 5.41) is 6.42. The number of hydrogen-bond acceptors (Lipinski definition) is 4. The van der Waals surface area contributed by atoms with Gasteiger partial charge in [0.2, 0.25) is 0 Å². The average molecular weight is 199 g/mol. The highest BCUT2D eigenvalue weighted by atomic mass is 32.1. The second kappa shape index (κ2) is 5.19. The summed E-state index contributed by atoms with van der Waals surface area (Å²) in [6, 6.07) is 0.467. The minimum atomic E-state index is 0.467. The van der Waals surface area contributed by atoms with Gasteiger partial charge in [-0.2, -0.15) is 0 Å². The lowest BCUT2D eigenvalue weighted by Gasteiger charge is -2.11. The summed E-state index contributed by atoms with van der Waals surface area (Å²) >= 11 is 1.66. The third-order valence-electron chi connectivity index (χ3n) is 1.83. The van der Waals surface area contributed by atoms with Gasteiger partial charge in [0.25, 0.3) is 0 Å². The van der Waals surface area contributed by atoms with Gasteiger partial charge < -0.3 is 11.1 Å². The van der Waals surface area contributed by atoms with Crippen LogP contribution < -0.4 is 11.1 Å². The predicted octanol–water partition coefficient (Wildman–Crippen LogP) is 1.99. The van der Waals surface area contributed by atoms with Crippen molar-refractivity contribution >= 4 is 16.5 Å². The van der Waals surface area contributed by atoms with Gasteiger partial charge in [-0.25, -0.2) is 4.98 Å². The molecule has 0 amide bonds. The molecule has 1 atom stereocenters. The number of aromatic nitrogens is 1. The third kappa shape index (κ3) is 3.74. The Hall–Kier alpha value is -0.610. The maximum absolute atomic E-state index is 5.43. The van der Waals surface area contributed by atoms with Crippen LogP contribution in [0.3, 0.4) is 0 Å². The highest BCUT2D eigenvalue weighted by Crippen LogP contribution is 2.16. The molecule has 0 fully saturated rings. The molecule has 74 valence electrons. The van der Waals surface area contributed by atoms with Gasteiger partial charge in [-0.1, -0.05) is 0 Å². The summed E-state index contributed by atoms with van der Waals surface area (Å²) in [5.41, 5.74) is 6.52. The molecule has 0 saturated heterocycles. The first-order valence-corrected chi connectivity index (χ1v) is 5.49. The number of hydrogen-bond donors (Lipinski definition) is 2. The molecule has 1 unspecified atom stereocenters. The number of anilines is 1. The first kappa shape index (κ1) is 10.5. The minimum absolute atomic E-state index is 0.467. The van der Waals surface area contributed by atoms with E-state index in [9.17, 15) is 0 Å². The molecule has 0 aliphatic carbocycles. The van der Waals surface area contributed by atoms with E-state index in [1.165, 1.54) is 0 Å². The first-order valence-electron chi connectivity index (χ1n) is 4.61. The fraction of sp³-hybridized carbons (Fsp3) is 0.667. The van der Waals surface area contributed by atoms with E-state index in [0.717, 1.165) is 30.2 Å². The molecule has 0 bridgehead atoms. The first-order chi connectivity index (χ1) is 6.22. The molecule has 1 rings (SSSR count). The van der Waals surface area contributed by atoms with Crippen LogP contribution in [-0.2, 0) is 0 Å². The number of nitrogens with two attached hydrogens (primary N) is 1. The van der Waals surface area contributed by atoms with Gasteiger partial charge in [0, 0.05) is 11.4 Å². The third-order valence-corrected chi connectivity index (χ3v) is 2.72. The normalized spacial score (nSPS) is 12.8. The molecule has 0 aliphatic heterocycles.